The van der Waals surface area contributed by atoms with Gasteiger partial charge in [-0.1, -0.05) is 27.5 Å². The Morgan fingerprint density at radius 1 is 1.39 bits per heavy atom. The molecule has 0 amide bonds. The molecule has 0 saturated heterocycles. The Labute approximate surface area is 123 Å². The number of methoxy groups -OCH3 is 1. The lowest BCUT2D eigenvalue weighted by molar-refractivity contribution is 0.218. The normalized spacial score (nSPS) is 12.5. The van der Waals surface area contributed by atoms with Crippen molar-refractivity contribution in [2.75, 3.05) is 7.11 Å². The van der Waals surface area contributed by atoms with Crippen molar-refractivity contribution in [3.63, 3.8) is 0 Å². The van der Waals surface area contributed by atoms with E-state index in [2.05, 4.69) is 15.9 Å². The lowest BCUT2D eigenvalue weighted by Crippen LogP contribution is -2.01. The summed E-state index contributed by atoms with van der Waals surface area (Å²) in [5, 5.41) is 10.4. The van der Waals surface area contributed by atoms with E-state index in [4.69, 9.17) is 16.3 Å². The minimum absolute atomic E-state index is 0.661. The summed E-state index contributed by atoms with van der Waals surface area (Å²) in [7, 11) is 1.60. The largest absolute Gasteiger partial charge is 0.496 e. The van der Waals surface area contributed by atoms with E-state index >= 15 is 0 Å². The third-order valence-electron chi connectivity index (χ3n) is 2.67. The number of hydrogen-bond acceptors (Lipinski definition) is 3. The van der Waals surface area contributed by atoms with Crippen LogP contribution in [0.3, 0.4) is 0 Å². The first-order chi connectivity index (χ1) is 8.52. The Bertz CT molecular complexity index is 568. The number of benzene rings is 1. The average molecular weight is 348 g/mol. The van der Waals surface area contributed by atoms with Crippen LogP contribution in [0.25, 0.3) is 0 Å². The Hall–Kier alpha value is -0.550. The molecule has 1 atom stereocenters. The molecule has 0 aliphatic heterocycles. The SMILES string of the molecule is COc1cc(C)c(Br)cc1C(O)c1ccc(Cl)s1. The van der Waals surface area contributed by atoms with Gasteiger partial charge in [0.25, 0.3) is 0 Å². The minimum Gasteiger partial charge on any atom is -0.496 e. The van der Waals surface area contributed by atoms with Crippen molar-refractivity contribution in [3.05, 3.63) is 49.1 Å². The summed E-state index contributed by atoms with van der Waals surface area (Å²) in [6.45, 7) is 1.98. The van der Waals surface area contributed by atoms with Crippen LogP contribution < -0.4 is 4.74 Å². The second-order valence-electron chi connectivity index (χ2n) is 3.89. The van der Waals surface area contributed by atoms with E-state index in [-0.39, 0.29) is 0 Å². The van der Waals surface area contributed by atoms with Crippen LogP contribution in [0.15, 0.2) is 28.7 Å². The Morgan fingerprint density at radius 2 is 2.11 bits per heavy atom. The summed E-state index contributed by atoms with van der Waals surface area (Å²) in [5.41, 5.74) is 1.79. The van der Waals surface area contributed by atoms with Crippen LogP contribution in [-0.2, 0) is 0 Å². The first-order valence-corrected chi connectivity index (χ1v) is 7.29. The van der Waals surface area contributed by atoms with Crippen molar-refractivity contribution >= 4 is 38.9 Å². The van der Waals surface area contributed by atoms with Gasteiger partial charge in [0.1, 0.15) is 11.9 Å². The summed E-state index contributed by atoms with van der Waals surface area (Å²) in [5.74, 6) is 0.674. The molecule has 1 heterocycles. The van der Waals surface area contributed by atoms with Gasteiger partial charge in [-0.25, -0.2) is 0 Å². The van der Waals surface area contributed by atoms with Gasteiger partial charge in [-0.15, -0.1) is 11.3 Å². The molecule has 0 aliphatic carbocycles. The number of rotatable bonds is 3. The first-order valence-electron chi connectivity index (χ1n) is 5.30. The molecule has 1 aromatic heterocycles. The minimum atomic E-state index is -0.727. The van der Waals surface area contributed by atoms with E-state index in [0.717, 1.165) is 20.5 Å². The Morgan fingerprint density at radius 3 is 2.67 bits per heavy atom. The van der Waals surface area contributed by atoms with Gasteiger partial charge in [-0.05, 0) is 36.8 Å². The number of aliphatic hydroxyl groups excluding tert-OH is 1. The second-order valence-corrected chi connectivity index (χ2v) is 6.49. The maximum absolute atomic E-state index is 10.4. The smallest absolute Gasteiger partial charge is 0.125 e. The lowest BCUT2D eigenvalue weighted by Gasteiger charge is -2.15. The number of aliphatic hydroxyl groups is 1. The third kappa shape index (κ3) is 2.72. The summed E-state index contributed by atoms with van der Waals surface area (Å²) in [6, 6.07) is 7.38. The topological polar surface area (TPSA) is 29.5 Å². The number of ether oxygens (including phenoxy) is 1. The maximum atomic E-state index is 10.4. The highest BCUT2D eigenvalue weighted by Gasteiger charge is 2.18. The molecule has 0 saturated carbocycles. The predicted molar refractivity (Wildman–Crippen MR) is 78.8 cm³/mol. The zero-order valence-corrected chi connectivity index (χ0v) is 13.1. The highest BCUT2D eigenvalue weighted by Crippen LogP contribution is 2.37. The quantitative estimate of drug-likeness (QED) is 0.882. The highest BCUT2D eigenvalue weighted by atomic mass is 79.9. The van der Waals surface area contributed by atoms with Crippen LogP contribution in [0, 0.1) is 6.92 Å². The van der Waals surface area contributed by atoms with Crippen molar-refractivity contribution in [1.82, 2.24) is 0 Å². The molecule has 1 N–H and O–H groups in total. The Balaban J connectivity index is 2.46. The van der Waals surface area contributed by atoms with Crippen LogP contribution in [0.4, 0.5) is 0 Å². The van der Waals surface area contributed by atoms with Gasteiger partial charge in [0.15, 0.2) is 0 Å². The predicted octanol–water partition coefficient (Wildman–Crippen LogP) is 4.56. The lowest BCUT2D eigenvalue weighted by atomic mass is 10.0. The highest BCUT2D eigenvalue weighted by molar-refractivity contribution is 9.10. The molecule has 5 heteroatoms. The van der Waals surface area contributed by atoms with Crippen LogP contribution in [-0.4, -0.2) is 12.2 Å². The van der Waals surface area contributed by atoms with E-state index in [1.165, 1.54) is 11.3 Å². The summed E-state index contributed by atoms with van der Waals surface area (Å²) < 4.78 is 6.93. The van der Waals surface area contributed by atoms with Crippen molar-refractivity contribution in [1.29, 1.82) is 0 Å². The van der Waals surface area contributed by atoms with Gasteiger partial charge < -0.3 is 9.84 Å². The molecule has 0 fully saturated rings. The molecule has 0 aliphatic rings. The van der Waals surface area contributed by atoms with E-state index in [1.807, 2.05) is 25.1 Å². The van der Waals surface area contributed by atoms with Gasteiger partial charge in [0.05, 0.1) is 11.4 Å². The average Bonchev–Trinajstić information content (AvgIpc) is 2.78. The third-order valence-corrected chi connectivity index (χ3v) is 4.81. The van der Waals surface area contributed by atoms with Gasteiger partial charge in [-0.3, -0.25) is 0 Å². The summed E-state index contributed by atoms with van der Waals surface area (Å²) >= 11 is 10.7. The molecule has 1 unspecified atom stereocenters. The molecule has 0 bridgehead atoms. The van der Waals surface area contributed by atoms with E-state index in [0.29, 0.717) is 10.1 Å². The van der Waals surface area contributed by atoms with Crippen molar-refractivity contribution in [2.45, 2.75) is 13.0 Å². The van der Waals surface area contributed by atoms with E-state index in [1.54, 1.807) is 13.2 Å². The fraction of sp³-hybridized carbons (Fsp3) is 0.231. The van der Waals surface area contributed by atoms with E-state index < -0.39 is 6.10 Å². The van der Waals surface area contributed by atoms with Crippen molar-refractivity contribution < 1.29 is 9.84 Å². The van der Waals surface area contributed by atoms with Crippen LogP contribution in [0.1, 0.15) is 22.1 Å². The molecule has 2 aromatic rings. The molecular weight excluding hydrogens is 336 g/mol. The molecule has 0 radical (unpaired) electrons. The van der Waals surface area contributed by atoms with E-state index in [9.17, 15) is 5.11 Å². The molecule has 96 valence electrons. The van der Waals surface area contributed by atoms with Gasteiger partial charge in [0, 0.05) is 14.9 Å². The zero-order valence-electron chi connectivity index (χ0n) is 9.91. The van der Waals surface area contributed by atoms with Crippen LogP contribution >= 0.6 is 38.9 Å². The molecule has 18 heavy (non-hydrogen) atoms. The molecule has 2 nitrogen and oxygen atoms in total. The standard InChI is InChI=1S/C13H12BrClO2S/c1-7-5-10(17-2)8(6-9(7)14)13(16)11-3-4-12(15)18-11/h3-6,13,16H,1-2H3. The molecular formula is C13H12BrClO2S. The fourth-order valence-electron chi connectivity index (χ4n) is 1.69. The number of hydrogen-bond donors (Lipinski definition) is 1. The van der Waals surface area contributed by atoms with Gasteiger partial charge >= 0.3 is 0 Å². The van der Waals surface area contributed by atoms with Crippen molar-refractivity contribution in [3.8, 4) is 5.75 Å². The van der Waals surface area contributed by atoms with Gasteiger partial charge in [0.2, 0.25) is 0 Å². The monoisotopic (exact) mass is 346 g/mol. The van der Waals surface area contributed by atoms with Crippen LogP contribution in [0.5, 0.6) is 5.75 Å². The fourth-order valence-corrected chi connectivity index (χ4v) is 3.12. The summed E-state index contributed by atoms with van der Waals surface area (Å²) in [6.07, 6.45) is -0.727. The first kappa shape index (κ1) is 13.9. The second kappa shape index (κ2) is 5.61. The Kier molecular flexibility index (Phi) is 4.33. The van der Waals surface area contributed by atoms with Crippen molar-refractivity contribution in [2.24, 2.45) is 0 Å². The molecule has 1 aromatic carbocycles. The number of aryl methyl sites for hydroxylation is 1. The zero-order chi connectivity index (χ0) is 13.3. The molecule has 2 rings (SSSR count). The summed E-state index contributed by atoms with van der Waals surface area (Å²) in [4.78, 5) is 0.800. The molecule has 0 spiro atoms. The number of halogens is 2. The maximum Gasteiger partial charge on any atom is 0.125 e. The van der Waals surface area contributed by atoms with Crippen LogP contribution in [0.2, 0.25) is 4.34 Å². The number of thiophene rings is 1. The van der Waals surface area contributed by atoms with Gasteiger partial charge in [-0.2, -0.15) is 0 Å².